The Labute approximate surface area is 117 Å². The maximum atomic E-state index is 11.1. The summed E-state index contributed by atoms with van der Waals surface area (Å²) in [5.41, 5.74) is 0. The van der Waals surface area contributed by atoms with Crippen LogP contribution in [0.5, 0.6) is 0 Å². The second kappa shape index (κ2) is 10.2. The number of ether oxygens (including phenoxy) is 1. The van der Waals surface area contributed by atoms with Crippen molar-refractivity contribution in [2.24, 2.45) is 5.92 Å². The van der Waals surface area contributed by atoms with Crippen molar-refractivity contribution in [1.29, 1.82) is 0 Å². The van der Waals surface area contributed by atoms with Crippen molar-refractivity contribution in [3.05, 3.63) is 0 Å². The maximum Gasteiger partial charge on any atom is 0.219 e. The number of hydrogen-bond acceptors (Lipinski definition) is 4. The summed E-state index contributed by atoms with van der Waals surface area (Å²) in [7, 11) is 3.43. The molecule has 0 aliphatic carbocycles. The smallest absolute Gasteiger partial charge is 0.219 e. The zero-order chi connectivity index (χ0) is 13.9. The molecule has 1 saturated heterocycles. The summed E-state index contributed by atoms with van der Waals surface area (Å²) in [5, 5.41) is 6.11. The highest BCUT2D eigenvalue weighted by Gasteiger charge is 2.18. The van der Waals surface area contributed by atoms with Gasteiger partial charge in [-0.25, -0.2) is 0 Å². The third-order valence-electron chi connectivity index (χ3n) is 3.78. The molecule has 1 fully saturated rings. The molecule has 0 atom stereocenters. The number of piperidine rings is 1. The molecular weight excluding hydrogens is 242 g/mol. The number of carbonyl (C=O) groups is 1. The Morgan fingerprint density at radius 1 is 1.37 bits per heavy atom. The topological polar surface area (TPSA) is 53.6 Å². The van der Waals surface area contributed by atoms with Crippen LogP contribution in [0.1, 0.15) is 25.7 Å². The van der Waals surface area contributed by atoms with E-state index in [0.29, 0.717) is 6.42 Å². The monoisotopic (exact) mass is 271 g/mol. The van der Waals surface area contributed by atoms with Crippen LogP contribution >= 0.6 is 0 Å². The van der Waals surface area contributed by atoms with Crippen LogP contribution in [0, 0.1) is 5.92 Å². The van der Waals surface area contributed by atoms with E-state index in [1.54, 1.807) is 14.2 Å². The highest BCUT2D eigenvalue weighted by atomic mass is 16.5. The molecule has 0 aromatic carbocycles. The van der Waals surface area contributed by atoms with Crippen LogP contribution in [0.25, 0.3) is 0 Å². The standard InChI is InChI=1S/C14H29N3O2/c1-15-14(18)4-3-8-17-9-5-13(6-10-17)12-16-7-11-19-2/h13,16H,3-12H2,1-2H3,(H,15,18). The van der Waals surface area contributed by atoms with E-state index in [9.17, 15) is 4.79 Å². The van der Waals surface area contributed by atoms with E-state index in [4.69, 9.17) is 4.74 Å². The van der Waals surface area contributed by atoms with Gasteiger partial charge in [0.2, 0.25) is 5.91 Å². The Hall–Kier alpha value is -0.650. The number of nitrogens with zero attached hydrogens (tertiary/aromatic N) is 1. The third kappa shape index (κ3) is 7.50. The molecule has 0 bridgehead atoms. The lowest BCUT2D eigenvalue weighted by Crippen LogP contribution is -2.38. The van der Waals surface area contributed by atoms with Gasteiger partial charge in [-0.2, -0.15) is 0 Å². The maximum absolute atomic E-state index is 11.1. The van der Waals surface area contributed by atoms with Crippen LogP contribution in [0.3, 0.4) is 0 Å². The average molecular weight is 271 g/mol. The molecule has 1 heterocycles. The first-order valence-corrected chi connectivity index (χ1v) is 7.39. The van der Waals surface area contributed by atoms with Gasteiger partial charge in [-0.15, -0.1) is 0 Å². The van der Waals surface area contributed by atoms with Crippen LogP contribution in [-0.2, 0) is 9.53 Å². The van der Waals surface area contributed by atoms with E-state index in [0.717, 1.165) is 38.6 Å². The zero-order valence-corrected chi connectivity index (χ0v) is 12.4. The van der Waals surface area contributed by atoms with E-state index < -0.39 is 0 Å². The summed E-state index contributed by atoms with van der Waals surface area (Å²) in [5.74, 6) is 0.948. The quantitative estimate of drug-likeness (QED) is 0.598. The van der Waals surface area contributed by atoms with Gasteiger partial charge < -0.3 is 20.3 Å². The first kappa shape index (κ1) is 16.4. The minimum Gasteiger partial charge on any atom is -0.383 e. The fraction of sp³-hybridized carbons (Fsp3) is 0.929. The number of nitrogens with one attached hydrogen (secondary N) is 2. The molecule has 1 aliphatic heterocycles. The number of hydrogen-bond donors (Lipinski definition) is 2. The van der Waals surface area contributed by atoms with Crippen molar-refractivity contribution in [3.8, 4) is 0 Å². The Morgan fingerprint density at radius 2 is 2.11 bits per heavy atom. The van der Waals surface area contributed by atoms with Crippen LogP contribution in [-0.4, -0.2) is 64.3 Å². The number of likely N-dealkylation sites (tertiary alicyclic amines) is 1. The normalized spacial score (nSPS) is 17.6. The summed E-state index contributed by atoms with van der Waals surface area (Å²) < 4.78 is 5.02. The molecule has 19 heavy (non-hydrogen) atoms. The predicted octanol–water partition coefficient (Wildman–Crippen LogP) is 0.461. The van der Waals surface area contributed by atoms with Crippen molar-refractivity contribution in [2.45, 2.75) is 25.7 Å². The van der Waals surface area contributed by atoms with Crippen LogP contribution < -0.4 is 10.6 Å². The molecule has 2 N–H and O–H groups in total. The highest BCUT2D eigenvalue weighted by Crippen LogP contribution is 2.16. The van der Waals surface area contributed by atoms with Crippen molar-refractivity contribution in [1.82, 2.24) is 15.5 Å². The van der Waals surface area contributed by atoms with Crippen molar-refractivity contribution in [2.75, 3.05) is 53.5 Å². The van der Waals surface area contributed by atoms with E-state index in [1.165, 1.54) is 25.9 Å². The lowest BCUT2D eigenvalue weighted by molar-refractivity contribution is -0.120. The molecule has 0 saturated carbocycles. The minimum absolute atomic E-state index is 0.150. The van der Waals surface area contributed by atoms with Gasteiger partial charge in [0.1, 0.15) is 0 Å². The summed E-state index contributed by atoms with van der Waals surface area (Å²) in [6.07, 6.45) is 4.14. The predicted molar refractivity (Wildman–Crippen MR) is 77.2 cm³/mol. The van der Waals surface area contributed by atoms with Crippen LogP contribution in [0.2, 0.25) is 0 Å². The molecule has 5 heteroatoms. The molecular formula is C14H29N3O2. The van der Waals surface area contributed by atoms with Gasteiger partial charge in [0.25, 0.3) is 0 Å². The second-order valence-electron chi connectivity index (χ2n) is 5.26. The molecule has 1 amide bonds. The molecule has 0 aromatic heterocycles. The Kier molecular flexibility index (Phi) is 8.79. The van der Waals surface area contributed by atoms with Gasteiger partial charge in [0.05, 0.1) is 6.61 Å². The second-order valence-corrected chi connectivity index (χ2v) is 5.26. The lowest BCUT2D eigenvalue weighted by Gasteiger charge is -2.32. The van der Waals surface area contributed by atoms with E-state index in [2.05, 4.69) is 15.5 Å². The average Bonchev–Trinajstić information content (AvgIpc) is 2.45. The number of methoxy groups -OCH3 is 1. The van der Waals surface area contributed by atoms with Gasteiger partial charge in [-0.05, 0) is 51.4 Å². The third-order valence-corrected chi connectivity index (χ3v) is 3.78. The largest absolute Gasteiger partial charge is 0.383 e. The molecule has 1 rings (SSSR count). The molecule has 1 aliphatic rings. The first-order valence-electron chi connectivity index (χ1n) is 7.39. The first-order chi connectivity index (χ1) is 9.26. The minimum atomic E-state index is 0.150. The van der Waals surface area contributed by atoms with E-state index >= 15 is 0 Å². The molecule has 112 valence electrons. The highest BCUT2D eigenvalue weighted by molar-refractivity contribution is 5.75. The summed E-state index contributed by atoms with van der Waals surface area (Å²) in [4.78, 5) is 13.6. The van der Waals surface area contributed by atoms with E-state index in [1.807, 2.05) is 0 Å². The molecule has 5 nitrogen and oxygen atoms in total. The summed E-state index contributed by atoms with van der Waals surface area (Å²) >= 11 is 0. The number of carbonyl (C=O) groups excluding carboxylic acids is 1. The van der Waals surface area contributed by atoms with Crippen LogP contribution in [0.15, 0.2) is 0 Å². The Balaban J connectivity index is 2.00. The summed E-state index contributed by atoms with van der Waals surface area (Å²) in [6, 6.07) is 0. The SMILES string of the molecule is CNC(=O)CCCN1CCC(CNCCOC)CC1. The summed E-state index contributed by atoms with van der Waals surface area (Å²) in [6.45, 7) is 6.24. The fourth-order valence-electron chi connectivity index (χ4n) is 2.48. The van der Waals surface area contributed by atoms with Crippen molar-refractivity contribution >= 4 is 5.91 Å². The van der Waals surface area contributed by atoms with Gasteiger partial charge >= 0.3 is 0 Å². The Bertz CT molecular complexity index is 241. The fourth-order valence-corrected chi connectivity index (χ4v) is 2.48. The zero-order valence-electron chi connectivity index (χ0n) is 12.4. The number of amides is 1. The van der Waals surface area contributed by atoms with Crippen LogP contribution in [0.4, 0.5) is 0 Å². The Morgan fingerprint density at radius 3 is 2.74 bits per heavy atom. The molecule has 0 aromatic rings. The number of rotatable bonds is 9. The van der Waals surface area contributed by atoms with Gasteiger partial charge in [-0.1, -0.05) is 0 Å². The molecule has 0 unspecified atom stereocenters. The molecule has 0 radical (unpaired) electrons. The lowest BCUT2D eigenvalue weighted by atomic mass is 9.96. The van der Waals surface area contributed by atoms with Crippen molar-refractivity contribution in [3.63, 3.8) is 0 Å². The molecule has 0 spiro atoms. The van der Waals surface area contributed by atoms with Crippen molar-refractivity contribution < 1.29 is 9.53 Å². The van der Waals surface area contributed by atoms with E-state index in [-0.39, 0.29) is 5.91 Å². The van der Waals surface area contributed by atoms with Gasteiger partial charge in [0, 0.05) is 27.1 Å². The van der Waals surface area contributed by atoms with Gasteiger partial charge in [-0.3, -0.25) is 4.79 Å². The van der Waals surface area contributed by atoms with Gasteiger partial charge in [0.15, 0.2) is 0 Å².